The summed E-state index contributed by atoms with van der Waals surface area (Å²) in [6.07, 6.45) is 1.39. The average molecular weight is 294 g/mol. The molecule has 2 aliphatic rings. The SMILES string of the molecule is O=C1CC2(CCN(C(=O)Nc3cccc(Cl)c3)C2)CN1. The highest BCUT2D eigenvalue weighted by molar-refractivity contribution is 6.30. The predicted octanol–water partition coefficient (Wildman–Crippen LogP) is 2.08. The van der Waals surface area contributed by atoms with Crippen LogP contribution in [0.4, 0.5) is 10.5 Å². The summed E-state index contributed by atoms with van der Waals surface area (Å²) in [5.41, 5.74) is 0.618. The lowest BCUT2D eigenvalue weighted by Crippen LogP contribution is -2.36. The number of likely N-dealkylation sites (tertiary alicyclic amines) is 1. The minimum atomic E-state index is -0.136. The first-order chi connectivity index (χ1) is 9.56. The number of hydrogen-bond donors (Lipinski definition) is 2. The number of rotatable bonds is 1. The molecule has 0 saturated carbocycles. The monoisotopic (exact) mass is 293 g/mol. The number of benzene rings is 1. The Morgan fingerprint density at radius 1 is 1.45 bits per heavy atom. The van der Waals surface area contributed by atoms with Crippen LogP contribution in [0.5, 0.6) is 0 Å². The summed E-state index contributed by atoms with van der Waals surface area (Å²) in [5.74, 6) is 0.0853. The van der Waals surface area contributed by atoms with Gasteiger partial charge >= 0.3 is 6.03 Å². The van der Waals surface area contributed by atoms with Crippen LogP contribution in [-0.2, 0) is 4.79 Å². The van der Waals surface area contributed by atoms with Gasteiger partial charge in [-0.05, 0) is 24.6 Å². The second-order valence-electron chi connectivity index (χ2n) is 5.57. The van der Waals surface area contributed by atoms with Gasteiger partial charge in [0.2, 0.25) is 5.91 Å². The molecule has 1 spiro atoms. The van der Waals surface area contributed by atoms with E-state index in [-0.39, 0.29) is 17.4 Å². The molecule has 0 bridgehead atoms. The molecule has 3 rings (SSSR count). The molecule has 0 radical (unpaired) electrons. The third-order valence-corrected chi connectivity index (χ3v) is 4.23. The highest BCUT2D eigenvalue weighted by atomic mass is 35.5. The van der Waals surface area contributed by atoms with Crippen molar-refractivity contribution in [3.63, 3.8) is 0 Å². The van der Waals surface area contributed by atoms with Crippen LogP contribution >= 0.6 is 11.6 Å². The lowest BCUT2D eigenvalue weighted by Gasteiger charge is -2.22. The van der Waals surface area contributed by atoms with Crippen molar-refractivity contribution >= 4 is 29.2 Å². The van der Waals surface area contributed by atoms with Gasteiger partial charge in [-0.15, -0.1) is 0 Å². The Bertz CT molecular complexity index is 563. The van der Waals surface area contributed by atoms with Gasteiger partial charge in [0.15, 0.2) is 0 Å². The highest BCUT2D eigenvalue weighted by Gasteiger charge is 2.45. The van der Waals surface area contributed by atoms with E-state index in [9.17, 15) is 9.59 Å². The van der Waals surface area contributed by atoms with E-state index in [0.717, 1.165) is 6.42 Å². The summed E-state index contributed by atoms with van der Waals surface area (Å²) in [6, 6.07) is 6.94. The fourth-order valence-corrected chi connectivity index (χ4v) is 3.11. The lowest BCUT2D eigenvalue weighted by molar-refractivity contribution is -0.119. The first kappa shape index (κ1) is 13.2. The van der Waals surface area contributed by atoms with Gasteiger partial charge in [-0.2, -0.15) is 0 Å². The number of nitrogens with zero attached hydrogens (tertiary/aromatic N) is 1. The number of anilines is 1. The molecule has 106 valence electrons. The Kier molecular flexibility index (Phi) is 3.30. The molecular weight excluding hydrogens is 278 g/mol. The van der Waals surface area contributed by atoms with Crippen molar-refractivity contribution in [1.29, 1.82) is 0 Å². The Labute approximate surface area is 122 Å². The zero-order valence-electron chi connectivity index (χ0n) is 11.0. The van der Waals surface area contributed by atoms with Gasteiger partial charge < -0.3 is 15.5 Å². The topological polar surface area (TPSA) is 61.4 Å². The molecule has 1 atom stereocenters. The van der Waals surface area contributed by atoms with E-state index in [2.05, 4.69) is 10.6 Å². The van der Waals surface area contributed by atoms with Crippen molar-refractivity contribution in [3.8, 4) is 0 Å². The first-order valence-electron chi connectivity index (χ1n) is 6.65. The maximum atomic E-state index is 12.2. The fraction of sp³-hybridized carbons (Fsp3) is 0.429. The minimum absolute atomic E-state index is 0.0667. The van der Waals surface area contributed by atoms with Crippen LogP contribution < -0.4 is 10.6 Å². The Morgan fingerprint density at radius 3 is 3.00 bits per heavy atom. The summed E-state index contributed by atoms with van der Waals surface area (Å²) >= 11 is 5.89. The number of carbonyl (C=O) groups is 2. The minimum Gasteiger partial charge on any atom is -0.355 e. The zero-order chi connectivity index (χ0) is 14.2. The molecule has 1 aromatic rings. The van der Waals surface area contributed by atoms with Gasteiger partial charge in [0, 0.05) is 42.2 Å². The molecule has 2 fully saturated rings. The predicted molar refractivity (Wildman–Crippen MR) is 76.7 cm³/mol. The molecule has 0 aliphatic carbocycles. The Balaban J connectivity index is 1.63. The van der Waals surface area contributed by atoms with E-state index in [4.69, 9.17) is 11.6 Å². The molecule has 2 N–H and O–H groups in total. The molecule has 6 heteroatoms. The maximum Gasteiger partial charge on any atom is 0.321 e. The van der Waals surface area contributed by atoms with Crippen molar-refractivity contribution in [2.75, 3.05) is 25.0 Å². The summed E-state index contributed by atoms with van der Waals surface area (Å²) in [6.45, 7) is 1.98. The molecule has 1 aromatic carbocycles. The average Bonchev–Trinajstić information content (AvgIpc) is 2.97. The van der Waals surface area contributed by atoms with Crippen molar-refractivity contribution < 1.29 is 9.59 Å². The van der Waals surface area contributed by atoms with E-state index >= 15 is 0 Å². The van der Waals surface area contributed by atoms with Gasteiger partial charge in [0.1, 0.15) is 0 Å². The number of urea groups is 1. The third-order valence-electron chi connectivity index (χ3n) is 4.00. The smallest absolute Gasteiger partial charge is 0.321 e. The number of carbonyl (C=O) groups excluding carboxylic acids is 2. The molecule has 2 saturated heterocycles. The molecule has 5 nitrogen and oxygen atoms in total. The third kappa shape index (κ3) is 2.58. The molecule has 3 amide bonds. The number of halogens is 1. The molecular formula is C14H16ClN3O2. The number of amides is 3. The van der Waals surface area contributed by atoms with E-state index < -0.39 is 0 Å². The van der Waals surface area contributed by atoms with Crippen molar-refractivity contribution in [2.24, 2.45) is 5.41 Å². The number of hydrogen-bond acceptors (Lipinski definition) is 2. The Hall–Kier alpha value is -1.75. The van der Waals surface area contributed by atoms with Crippen LogP contribution in [0.2, 0.25) is 5.02 Å². The molecule has 1 unspecified atom stereocenters. The second-order valence-corrected chi connectivity index (χ2v) is 6.00. The van der Waals surface area contributed by atoms with E-state index in [1.54, 1.807) is 29.2 Å². The Morgan fingerprint density at radius 2 is 2.30 bits per heavy atom. The van der Waals surface area contributed by atoms with Gasteiger partial charge in [-0.1, -0.05) is 17.7 Å². The van der Waals surface area contributed by atoms with Crippen LogP contribution in [0.1, 0.15) is 12.8 Å². The van der Waals surface area contributed by atoms with Crippen LogP contribution in [0.3, 0.4) is 0 Å². The summed E-state index contributed by atoms with van der Waals surface area (Å²) in [4.78, 5) is 25.3. The molecule has 2 aliphatic heterocycles. The van der Waals surface area contributed by atoms with Gasteiger partial charge in [0.05, 0.1) is 0 Å². The zero-order valence-corrected chi connectivity index (χ0v) is 11.7. The largest absolute Gasteiger partial charge is 0.355 e. The normalized spacial score (nSPS) is 25.1. The quantitative estimate of drug-likeness (QED) is 0.833. The van der Waals surface area contributed by atoms with E-state index in [1.807, 2.05) is 0 Å². The summed E-state index contributed by atoms with van der Waals surface area (Å²) < 4.78 is 0. The van der Waals surface area contributed by atoms with Crippen LogP contribution in [0.15, 0.2) is 24.3 Å². The summed E-state index contributed by atoms with van der Waals surface area (Å²) in [5, 5.41) is 6.28. The van der Waals surface area contributed by atoms with Crippen molar-refractivity contribution in [1.82, 2.24) is 10.2 Å². The second kappa shape index (κ2) is 4.98. The lowest BCUT2D eigenvalue weighted by atomic mass is 9.86. The van der Waals surface area contributed by atoms with Crippen molar-refractivity contribution in [2.45, 2.75) is 12.8 Å². The van der Waals surface area contributed by atoms with Crippen molar-refractivity contribution in [3.05, 3.63) is 29.3 Å². The van der Waals surface area contributed by atoms with Crippen LogP contribution in [-0.4, -0.2) is 36.5 Å². The first-order valence-corrected chi connectivity index (χ1v) is 7.02. The van der Waals surface area contributed by atoms with E-state index in [0.29, 0.717) is 36.8 Å². The van der Waals surface area contributed by atoms with E-state index in [1.165, 1.54) is 0 Å². The van der Waals surface area contributed by atoms with Gasteiger partial charge in [-0.3, -0.25) is 4.79 Å². The standard InChI is InChI=1S/C14H16ClN3O2/c15-10-2-1-3-11(6-10)17-13(20)18-5-4-14(9-18)7-12(19)16-8-14/h1-3,6H,4-5,7-9H2,(H,16,19)(H,17,20). The number of nitrogens with one attached hydrogen (secondary N) is 2. The highest BCUT2D eigenvalue weighted by Crippen LogP contribution is 2.36. The molecule has 0 aromatic heterocycles. The fourth-order valence-electron chi connectivity index (χ4n) is 2.92. The van der Waals surface area contributed by atoms with Gasteiger partial charge in [-0.25, -0.2) is 4.79 Å². The van der Waals surface area contributed by atoms with Crippen LogP contribution in [0, 0.1) is 5.41 Å². The molecule has 20 heavy (non-hydrogen) atoms. The maximum absolute atomic E-state index is 12.2. The molecule has 2 heterocycles. The van der Waals surface area contributed by atoms with Gasteiger partial charge in [0.25, 0.3) is 0 Å². The summed E-state index contributed by atoms with van der Waals surface area (Å²) in [7, 11) is 0. The van der Waals surface area contributed by atoms with Crippen LogP contribution in [0.25, 0.3) is 0 Å².